The lowest BCUT2D eigenvalue weighted by atomic mass is 10.2. The Morgan fingerprint density at radius 3 is 2.76 bits per heavy atom. The molecule has 0 aliphatic rings. The maximum absolute atomic E-state index is 14.0. The number of aryl methyl sites for hydroxylation is 1. The minimum atomic E-state index is -1.26. The summed E-state index contributed by atoms with van der Waals surface area (Å²) < 4.78 is 42.2. The van der Waals surface area contributed by atoms with Crippen molar-refractivity contribution < 1.29 is 13.2 Å². The molecule has 1 aromatic carbocycles. The quantitative estimate of drug-likeness (QED) is 0.546. The highest BCUT2D eigenvalue weighted by molar-refractivity contribution is 6.17. The van der Waals surface area contributed by atoms with Crippen LogP contribution in [0.3, 0.4) is 0 Å². The molecule has 0 radical (unpaired) electrons. The van der Waals surface area contributed by atoms with Crippen LogP contribution in [-0.2, 0) is 6.42 Å². The first kappa shape index (κ1) is 13.9. The summed E-state index contributed by atoms with van der Waals surface area (Å²) >= 11 is 5.71. The number of imidazole rings is 1. The van der Waals surface area contributed by atoms with Crippen molar-refractivity contribution in [3.63, 3.8) is 0 Å². The third-order valence-electron chi connectivity index (χ3n) is 3.02. The zero-order chi connectivity index (χ0) is 15.0. The minimum absolute atomic E-state index is 0.239. The van der Waals surface area contributed by atoms with Crippen LogP contribution >= 0.6 is 11.6 Å². The molecule has 0 amide bonds. The van der Waals surface area contributed by atoms with Gasteiger partial charge in [0.15, 0.2) is 17.3 Å². The van der Waals surface area contributed by atoms with Gasteiger partial charge in [0.05, 0.1) is 5.69 Å². The highest BCUT2D eigenvalue weighted by Crippen LogP contribution is 2.25. The molecule has 7 heteroatoms. The van der Waals surface area contributed by atoms with E-state index in [0.29, 0.717) is 29.5 Å². The van der Waals surface area contributed by atoms with E-state index >= 15 is 0 Å². The Balaban J connectivity index is 2.35. The normalized spacial score (nSPS) is 11.2. The molecule has 21 heavy (non-hydrogen) atoms. The van der Waals surface area contributed by atoms with Crippen molar-refractivity contribution in [2.24, 2.45) is 0 Å². The van der Waals surface area contributed by atoms with Crippen LogP contribution in [0.5, 0.6) is 0 Å². The van der Waals surface area contributed by atoms with Crippen molar-refractivity contribution in [3.05, 3.63) is 53.7 Å². The van der Waals surface area contributed by atoms with Crippen molar-refractivity contribution in [1.29, 1.82) is 0 Å². The SMILES string of the molecule is Fc1cc(F)c(F)c(-n2c(CCCl)nc3cccnc32)c1. The van der Waals surface area contributed by atoms with Gasteiger partial charge in [-0.15, -0.1) is 11.6 Å². The van der Waals surface area contributed by atoms with Gasteiger partial charge >= 0.3 is 0 Å². The standard InChI is InChI=1S/C14H9ClF3N3/c15-4-3-12-20-10-2-1-5-19-14(10)21(12)11-7-8(16)6-9(17)13(11)18/h1-2,5-7H,3-4H2. The first-order valence-electron chi connectivity index (χ1n) is 6.15. The second kappa shape index (κ2) is 5.37. The van der Waals surface area contributed by atoms with E-state index in [2.05, 4.69) is 9.97 Å². The number of fused-ring (bicyclic) bond motifs is 1. The van der Waals surface area contributed by atoms with Gasteiger partial charge in [-0.1, -0.05) is 0 Å². The maximum atomic E-state index is 14.0. The summed E-state index contributed by atoms with van der Waals surface area (Å²) in [6.07, 6.45) is 1.81. The summed E-state index contributed by atoms with van der Waals surface area (Å²) in [5.74, 6) is -2.67. The average molecular weight is 312 g/mol. The monoisotopic (exact) mass is 311 g/mol. The van der Waals surface area contributed by atoms with Crippen LogP contribution < -0.4 is 0 Å². The molecule has 3 rings (SSSR count). The van der Waals surface area contributed by atoms with E-state index < -0.39 is 17.5 Å². The molecule has 0 N–H and O–H groups in total. The van der Waals surface area contributed by atoms with Crippen molar-refractivity contribution in [2.45, 2.75) is 6.42 Å². The number of hydrogen-bond acceptors (Lipinski definition) is 2. The van der Waals surface area contributed by atoms with Crippen molar-refractivity contribution in [3.8, 4) is 5.69 Å². The van der Waals surface area contributed by atoms with Crippen LogP contribution in [0, 0.1) is 17.5 Å². The maximum Gasteiger partial charge on any atom is 0.183 e. The van der Waals surface area contributed by atoms with Crippen molar-refractivity contribution in [1.82, 2.24) is 14.5 Å². The molecule has 0 saturated carbocycles. The van der Waals surface area contributed by atoms with Crippen LogP contribution in [0.25, 0.3) is 16.9 Å². The number of benzene rings is 1. The molecule has 0 aliphatic carbocycles. The van der Waals surface area contributed by atoms with Gasteiger partial charge in [-0.3, -0.25) is 4.57 Å². The van der Waals surface area contributed by atoms with Gasteiger partial charge in [0.2, 0.25) is 0 Å². The highest BCUT2D eigenvalue weighted by Gasteiger charge is 2.19. The molecule has 2 heterocycles. The first-order valence-corrected chi connectivity index (χ1v) is 6.68. The Labute approximate surface area is 123 Å². The molecular weight excluding hydrogens is 303 g/mol. The van der Waals surface area contributed by atoms with E-state index in [4.69, 9.17) is 11.6 Å². The lowest BCUT2D eigenvalue weighted by Gasteiger charge is -2.09. The van der Waals surface area contributed by atoms with E-state index in [0.717, 1.165) is 6.07 Å². The second-order valence-electron chi connectivity index (χ2n) is 4.37. The summed E-state index contributed by atoms with van der Waals surface area (Å²) in [4.78, 5) is 8.39. The molecule has 0 spiro atoms. The Hall–Kier alpha value is -2.08. The van der Waals surface area contributed by atoms with Crippen LogP contribution in [0.4, 0.5) is 13.2 Å². The number of alkyl halides is 1. The molecule has 0 bridgehead atoms. The molecule has 3 nitrogen and oxygen atoms in total. The molecule has 0 saturated heterocycles. The van der Waals surface area contributed by atoms with Gasteiger partial charge in [0.25, 0.3) is 0 Å². The van der Waals surface area contributed by atoms with E-state index in [1.54, 1.807) is 12.1 Å². The van der Waals surface area contributed by atoms with Crippen LogP contribution in [0.2, 0.25) is 0 Å². The second-order valence-corrected chi connectivity index (χ2v) is 4.75. The average Bonchev–Trinajstić information content (AvgIpc) is 2.81. The van der Waals surface area contributed by atoms with Crippen LogP contribution in [-0.4, -0.2) is 20.4 Å². The van der Waals surface area contributed by atoms with Crippen molar-refractivity contribution in [2.75, 3.05) is 5.88 Å². The summed E-state index contributed by atoms with van der Waals surface area (Å²) in [7, 11) is 0. The lowest BCUT2D eigenvalue weighted by molar-refractivity contribution is 0.490. The van der Waals surface area contributed by atoms with E-state index in [1.807, 2.05) is 0 Å². The molecule has 108 valence electrons. The van der Waals surface area contributed by atoms with Gasteiger partial charge < -0.3 is 0 Å². The summed E-state index contributed by atoms with van der Waals surface area (Å²) in [6, 6.07) is 4.76. The highest BCUT2D eigenvalue weighted by atomic mass is 35.5. The fourth-order valence-electron chi connectivity index (χ4n) is 2.17. The molecule has 0 aliphatic heterocycles. The Kier molecular flexibility index (Phi) is 3.55. The third-order valence-corrected chi connectivity index (χ3v) is 3.21. The minimum Gasteiger partial charge on any atom is -0.277 e. The number of halogens is 4. The number of nitrogens with zero attached hydrogens (tertiary/aromatic N) is 3. The van der Waals surface area contributed by atoms with Crippen LogP contribution in [0.1, 0.15) is 5.82 Å². The summed E-state index contributed by atoms with van der Waals surface area (Å²) in [6.45, 7) is 0. The number of aromatic nitrogens is 3. The van der Waals surface area contributed by atoms with Crippen LogP contribution in [0.15, 0.2) is 30.5 Å². The summed E-state index contributed by atoms with van der Waals surface area (Å²) in [5.41, 5.74) is 0.553. The fraction of sp³-hybridized carbons (Fsp3) is 0.143. The van der Waals surface area contributed by atoms with Gasteiger partial charge in [0.1, 0.15) is 17.2 Å². The lowest BCUT2D eigenvalue weighted by Crippen LogP contribution is -2.07. The number of pyridine rings is 1. The van der Waals surface area contributed by atoms with Gasteiger partial charge in [-0.2, -0.15) is 0 Å². The molecular formula is C14H9ClF3N3. The zero-order valence-electron chi connectivity index (χ0n) is 10.7. The predicted octanol–water partition coefficient (Wildman–Crippen LogP) is 3.62. The Bertz CT molecular complexity index is 817. The number of rotatable bonds is 3. The molecule has 0 atom stereocenters. The zero-order valence-corrected chi connectivity index (χ0v) is 11.4. The van der Waals surface area contributed by atoms with Crippen molar-refractivity contribution >= 4 is 22.8 Å². The molecule has 3 aromatic rings. The molecule has 0 unspecified atom stereocenters. The topological polar surface area (TPSA) is 30.7 Å². The number of hydrogen-bond donors (Lipinski definition) is 0. The van der Waals surface area contributed by atoms with E-state index in [1.165, 1.54) is 10.8 Å². The molecule has 0 fully saturated rings. The largest absolute Gasteiger partial charge is 0.277 e. The third kappa shape index (κ3) is 2.35. The van der Waals surface area contributed by atoms with Gasteiger partial charge in [-0.25, -0.2) is 23.1 Å². The fourth-order valence-corrected chi connectivity index (χ4v) is 2.34. The molecule has 2 aromatic heterocycles. The van der Waals surface area contributed by atoms with Gasteiger partial charge in [-0.05, 0) is 12.1 Å². The summed E-state index contributed by atoms with van der Waals surface area (Å²) in [5, 5.41) is 0. The van der Waals surface area contributed by atoms with E-state index in [-0.39, 0.29) is 11.6 Å². The van der Waals surface area contributed by atoms with E-state index in [9.17, 15) is 13.2 Å². The predicted molar refractivity (Wildman–Crippen MR) is 73.2 cm³/mol. The first-order chi connectivity index (χ1) is 10.1. The van der Waals surface area contributed by atoms with Gasteiger partial charge in [0, 0.05) is 30.6 Å². The Morgan fingerprint density at radius 2 is 2.00 bits per heavy atom. The Morgan fingerprint density at radius 1 is 1.19 bits per heavy atom. The smallest absolute Gasteiger partial charge is 0.183 e.